The van der Waals surface area contributed by atoms with Crippen LogP contribution in [0, 0.1) is 0 Å². The Kier molecular flexibility index (Phi) is 6.98. The Morgan fingerprint density at radius 3 is 2.46 bits per heavy atom. The summed E-state index contributed by atoms with van der Waals surface area (Å²) in [5.41, 5.74) is 0.450. The standard InChI is InChI=1S/C11H18O2/c1-3-4-5-6-7-8-9-10(2)11(12)13/h3-4,9H,5-8H2,1-2H3,(H,12,13). The maximum atomic E-state index is 10.4. The Morgan fingerprint density at radius 2 is 1.92 bits per heavy atom. The number of unbranched alkanes of at least 4 members (excludes halogenated alkanes) is 3. The van der Waals surface area contributed by atoms with Crippen LogP contribution in [0.2, 0.25) is 0 Å². The van der Waals surface area contributed by atoms with Crippen LogP contribution in [-0.2, 0) is 4.79 Å². The summed E-state index contributed by atoms with van der Waals surface area (Å²) in [6.45, 7) is 3.64. The second-order valence-electron chi connectivity index (χ2n) is 3.05. The molecule has 2 nitrogen and oxygen atoms in total. The molecule has 0 aliphatic rings. The van der Waals surface area contributed by atoms with E-state index in [9.17, 15) is 4.79 Å². The van der Waals surface area contributed by atoms with E-state index >= 15 is 0 Å². The number of allylic oxidation sites excluding steroid dienone is 3. The Hall–Kier alpha value is -1.05. The van der Waals surface area contributed by atoms with Crippen molar-refractivity contribution >= 4 is 5.97 Å². The first-order valence-electron chi connectivity index (χ1n) is 4.69. The van der Waals surface area contributed by atoms with Crippen LogP contribution in [-0.4, -0.2) is 11.1 Å². The van der Waals surface area contributed by atoms with Gasteiger partial charge in [-0.05, 0) is 39.5 Å². The van der Waals surface area contributed by atoms with Crippen LogP contribution < -0.4 is 0 Å². The van der Waals surface area contributed by atoms with Gasteiger partial charge < -0.3 is 5.11 Å². The first kappa shape index (κ1) is 11.9. The van der Waals surface area contributed by atoms with Gasteiger partial charge in [-0.25, -0.2) is 4.79 Å². The quantitative estimate of drug-likeness (QED) is 0.389. The zero-order valence-corrected chi connectivity index (χ0v) is 8.42. The van der Waals surface area contributed by atoms with Crippen molar-refractivity contribution in [2.24, 2.45) is 0 Å². The highest BCUT2D eigenvalue weighted by atomic mass is 16.4. The summed E-state index contributed by atoms with van der Waals surface area (Å²) in [6, 6.07) is 0. The van der Waals surface area contributed by atoms with Gasteiger partial charge in [-0.1, -0.05) is 18.2 Å². The van der Waals surface area contributed by atoms with Gasteiger partial charge in [0.1, 0.15) is 0 Å². The minimum Gasteiger partial charge on any atom is -0.478 e. The summed E-state index contributed by atoms with van der Waals surface area (Å²) in [6.07, 6.45) is 10.1. The van der Waals surface area contributed by atoms with Crippen molar-refractivity contribution in [2.45, 2.75) is 39.5 Å². The molecular formula is C11H18O2. The number of hydrogen-bond donors (Lipinski definition) is 1. The molecule has 0 aliphatic heterocycles. The van der Waals surface area contributed by atoms with Crippen LogP contribution in [0.3, 0.4) is 0 Å². The molecule has 0 saturated heterocycles. The maximum absolute atomic E-state index is 10.4. The molecule has 0 aromatic heterocycles. The molecule has 13 heavy (non-hydrogen) atoms. The molecule has 0 radical (unpaired) electrons. The molecule has 0 spiro atoms. The maximum Gasteiger partial charge on any atom is 0.330 e. The normalized spacial score (nSPS) is 12.3. The number of rotatable bonds is 6. The Bertz CT molecular complexity index is 202. The molecule has 2 heteroatoms. The summed E-state index contributed by atoms with van der Waals surface area (Å²) in [7, 11) is 0. The Labute approximate surface area is 80.0 Å². The number of carboxylic acid groups (broad SMARTS) is 1. The van der Waals surface area contributed by atoms with E-state index in [4.69, 9.17) is 5.11 Å². The lowest BCUT2D eigenvalue weighted by Crippen LogP contribution is -1.95. The molecule has 0 aliphatic carbocycles. The van der Waals surface area contributed by atoms with Crippen LogP contribution in [0.4, 0.5) is 0 Å². The fourth-order valence-electron chi connectivity index (χ4n) is 0.979. The fourth-order valence-corrected chi connectivity index (χ4v) is 0.979. The van der Waals surface area contributed by atoms with E-state index in [1.54, 1.807) is 13.0 Å². The second kappa shape index (κ2) is 7.59. The lowest BCUT2D eigenvalue weighted by Gasteiger charge is -1.94. The van der Waals surface area contributed by atoms with Gasteiger partial charge in [0.2, 0.25) is 0 Å². The third kappa shape index (κ3) is 7.32. The Morgan fingerprint density at radius 1 is 1.31 bits per heavy atom. The molecule has 0 amide bonds. The molecule has 0 atom stereocenters. The molecule has 0 saturated carbocycles. The summed E-state index contributed by atoms with van der Waals surface area (Å²) < 4.78 is 0. The van der Waals surface area contributed by atoms with Gasteiger partial charge in [0, 0.05) is 5.57 Å². The summed E-state index contributed by atoms with van der Waals surface area (Å²) in [4.78, 5) is 10.4. The van der Waals surface area contributed by atoms with Gasteiger partial charge in [0.15, 0.2) is 0 Å². The highest BCUT2D eigenvalue weighted by Gasteiger charge is 1.97. The number of carboxylic acids is 1. The van der Waals surface area contributed by atoms with E-state index in [1.165, 1.54) is 0 Å². The van der Waals surface area contributed by atoms with Gasteiger partial charge >= 0.3 is 5.97 Å². The van der Waals surface area contributed by atoms with Crippen molar-refractivity contribution in [3.63, 3.8) is 0 Å². The molecule has 0 unspecified atom stereocenters. The van der Waals surface area contributed by atoms with Gasteiger partial charge in [-0.15, -0.1) is 0 Å². The average molecular weight is 182 g/mol. The molecule has 0 rings (SSSR count). The number of aliphatic carboxylic acids is 1. The average Bonchev–Trinajstić information content (AvgIpc) is 2.10. The van der Waals surface area contributed by atoms with Crippen molar-refractivity contribution in [1.29, 1.82) is 0 Å². The fraction of sp³-hybridized carbons (Fsp3) is 0.545. The van der Waals surface area contributed by atoms with E-state index in [0.717, 1.165) is 25.7 Å². The zero-order valence-electron chi connectivity index (χ0n) is 8.42. The largest absolute Gasteiger partial charge is 0.478 e. The van der Waals surface area contributed by atoms with Crippen molar-refractivity contribution < 1.29 is 9.90 Å². The molecule has 74 valence electrons. The van der Waals surface area contributed by atoms with Gasteiger partial charge in [0.25, 0.3) is 0 Å². The van der Waals surface area contributed by atoms with E-state index in [-0.39, 0.29) is 0 Å². The van der Waals surface area contributed by atoms with E-state index < -0.39 is 5.97 Å². The van der Waals surface area contributed by atoms with Gasteiger partial charge in [0.05, 0.1) is 0 Å². The molecule has 0 aromatic carbocycles. The molecule has 0 bridgehead atoms. The van der Waals surface area contributed by atoms with Crippen LogP contribution in [0.25, 0.3) is 0 Å². The monoisotopic (exact) mass is 182 g/mol. The third-order valence-electron chi connectivity index (χ3n) is 1.85. The minimum absolute atomic E-state index is 0.450. The Balaban J connectivity index is 3.44. The highest BCUT2D eigenvalue weighted by Crippen LogP contribution is 2.04. The van der Waals surface area contributed by atoms with Crippen molar-refractivity contribution in [3.05, 3.63) is 23.8 Å². The SMILES string of the molecule is CC=CCCCCC=C(C)C(=O)O. The minimum atomic E-state index is -0.812. The first-order valence-corrected chi connectivity index (χ1v) is 4.69. The third-order valence-corrected chi connectivity index (χ3v) is 1.85. The smallest absolute Gasteiger partial charge is 0.330 e. The molecule has 1 N–H and O–H groups in total. The summed E-state index contributed by atoms with van der Waals surface area (Å²) in [5, 5.41) is 8.54. The lowest BCUT2D eigenvalue weighted by molar-refractivity contribution is -0.132. The van der Waals surface area contributed by atoms with Gasteiger partial charge in [-0.3, -0.25) is 0 Å². The van der Waals surface area contributed by atoms with E-state index in [1.807, 2.05) is 13.0 Å². The molecular weight excluding hydrogens is 164 g/mol. The lowest BCUT2D eigenvalue weighted by atomic mass is 10.1. The topological polar surface area (TPSA) is 37.3 Å². The van der Waals surface area contributed by atoms with Crippen LogP contribution >= 0.6 is 0 Å². The molecule has 0 aromatic rings. The van der Waals surface area contributed by atoms with Crippen LogP contribution in [0.1, 0.15) is 39.5 Å². The predicted molar refractivity (Wildman–Crippen MR) is 54.7 cm³/mol. The summed E-state index contributed by atoms with van der Waals surface area (Å²) >= 11 is 0. The second-order valence-corrected chi connectivity index (χ2v) is 3.05. The summed E-state index contributed by atoms with van der Waals surface area (Å²) in [5.74, 6) is -0.812. The first-order chi connectivity index (χ1) is 6.18. The zero-order chi connectivity index (χ0) is 10.1. The van der Waals surface area contributed by atoms with Gasteiger partial charge in [-0.2, -0.15) is 0 Å². The number of carbonyl (C=O) groups is 1. The predicted octanol–water partition coefficient (Wildman–Crippen LogP) is 3.15. The van der Waals surface area contributed by atoms with E-state index in [2.05, 4.69) is 6.08 Å². The molecule has 0 heterocycles. The van der Waals surface area contributed by atoms with Crippen molar-refractivity contribution in [1.82, 2.24) is 0 Å². The molecule has 0 fully saturated rings. The van der Waals surface area contributed by atoms with Crippen molar-refractivity contribution in [3.8, 4) is 0 Å². The number of hydrogen-bond acceptors (Lipinski definition) is 1. The van der Waals surface area contributed by atoms with Crippen LogP contribution in [0.15, 0.2) is 23.8 Å². The van der Waals surface area contributed by atoms with E-state index in [0.29, 0.717) is 5.57 Å². The van der Waals surface area contributed by atoms with Crippen molar-refractivity contribution in [2.75, 3.05) is 0 Å². The highest BCUT2D eigenvalue weighted by molar-refractivity contribution is 5.85. The van der Waals surface area contributed by atoms with Crippen LogP contribution in [0.5, 0.6) is 0 Å².